The standard InChI is InChI=1S/C13H16FN5O3/c14-2-13(22)8(6-1-12(6,3-20)11(13)21)19-5-18-7-9(15)16-4-17-10(7)19/h4-6,8,11,20-22H,1-3H2,(H2,15,16,17)/t6-,8+,11+,12-,13+/m0/s1. The topological polar surface area (TPSA) is 130 Å². The second-order valence-corrected chi connectivity index (χ2v) is 6.26. The van der Waals surface area contributed by atoms with Crippen molar-refractivity contribution in [2.75, 3.05) is 19.0 Å². The summed E-state index contributed by atoms with van der Waals surface area (Å²) in [6, 6.07) is -0.765. The average Bonchev–Trinajstić information content (AvgIpc) is 3.04. The second kappa shape index (κ2) is 4.12. The van der Waals surface area contributed by atoms with Crippen LogP contribution in [0.25, 0.3) is 11.2 Å². The first-order chi connectivity index (χ1) is 10.5. The Hall–Kier alpha value is -1.84. The van der Waals surface area contributed by atoms with E-state index < -0.39 is 29.8 Å². The maximum atomic E-state index is 13.6. The highest BCUT2D eigenvalue weighted by molar-refractivity contribution is 5.81. The number of alkyl halides is 1. The number of aromatic nitrogens is 4. The quantitative estimate of drug-likeness (QED) is 0.573. The van der Waals surface area contributed by atoms with Crippen molar-refractivity contribution in [3.05, 3.63) is 12.7 Å². The third-order valence-electron chi connectivity index (χ3n) is 5.28. The van der Waals surface area contributed by atoms with Crippen LogP contribution in [0.5, 0.6) is 0 Å². The van der Waals surface area contributed by atoms with Crippen molar-refractivity contribution in [2.24, 2.45) is 11.3 Å². The highest BCUT2D eigenvalue weighted by atomic mass is 19.1. The zero-order valence-corrected chi connectivity index (χ0v) is 11.6. The van der Waals surface area contributed by atoms with Gasteiger partial charge in [0.15, 0.2) is 11.5 Å². The van der Waals surface area contributed by atoms with Gasteiger partial charge in [0.25, 0.3) is 0 Å². The van der Waals surface area contributed by atoms with Crippen LogP contribution in [0.1, 0.15) is 12.5 Å². The fourth-order valence-electron chi connectivity index (χ4n) is 4.03. The molecular formula is C13H16FN5O3. The molecule has 2 aliphatic rings. The van der Waals surface area contributed by atoms with Crippen LogP contribution in [0, 0.1) is 11.3 Å². The molecule has 8 nitrogen and oxygen atoms in total. The van der Waals surface area contributed by atoms with E-state index in [1.807, 2.05) is 0 Å². The third-order valence-corrected chi connectivity index (χ3v) is 5.28. The van der Waals surface area contributed by atoms with Gasteiger partial charge in [0.2, 0.25) is 0 Å². The third kappa shape index (κ3) is 1.38. The zero-order valence-electron chi connectivity index (χ0n) is 11.6. The van der Waals surface area contributed by atoms with Crippen LogP contribution in [0.2, 0.25) is 0 Å². The minimum atomic E-state index is -1.99. The summed E-state index contributed by atoms with van der Waals surface area (Å²) in [5, 5.41) is 30.6. The number of nitrogens with two attached hydrogens (primary N) is 1. The number of nitrogen functional groups attached to an aromatic ring is 1. The van der Waals surface area contributed by atoms with E-state index in [9.17, 15) is 19.7 Å². The Balaban J connectivity index is 1.89. The van der Waals surface area contributed by atoms with Crippen molar-refractivity contribution in [1.82, 2.24) is 19.5 Å². The molecule has 2 aromatic heterocycles. The molecule has 2 aromatic rings. The molecule has 22 heavy (non-hydrogen) atoms. The first-order valence-corrected chi connectivity index (χ1v) is 7.00. The van der Waals surface area contributed by atoms with Gasteiger partial charge in [0.05, 0.1) is 25.1 Å². The van der Waals surface area contributed by atoms with Gasteiger partial charge < -0.3 is 25.6 Å². The maximum Gasteiger partial charge on any atom is 0.165 e. The molecule has 2 aliphatic carbocycles. The number of hydrogen-bond donors (Lipinski definition) is 4. The molecule has 0 amide bonds. The molecule has 0 saturated heterocycles. The molecule has 9 heteroatoms. The maximum absolute atomic E-state index is 13.6. The van der Waals surface area contributed by atoms with Gasteiger partial charge in [0.1, 0.15) is 24.1 Å². The van der Waals surface area contributed by atoms with Gasteiger partial charge in [-0.15, -0.1) is 0 Å². The number of aliphatic hydroxyl groups excluding tert-OH is 2. The summed E-state index contributed by atoms with van der Waals surface area (Å²) in [5.41, 5.74) is 3.63. The second-order valence-electron chi connectivity index (χ2n) is 6.26. The monoisotopic (exact) mass is 309 g/mol. The molecule has 0 radical (unpaired) electrons. The smallest absolute Gasteiger partial charge is 0.165 e. The van der Waals surface area contributed by atoms with Crippen LogP contribution < -0.4 is 5.73 Å². The number of rotatable bonds is 3. The summed E-state index contributed by atoms with van der Waals surface area (Å²) in [6.07, 6.45) is 1.85. The van der Waals surface area contributed by atoms with E-state index in [1.165, 1.54) is 17.2 Å². The van der Waals surface area contributed by atoms with Gasteiger partial charge in [-0.1, -0.05) is 0 Å². The molecule has 0 spiro atoms. The lowest BCUT2D eigenvalue weighted by Gasteiger charge is -2.35. The zero-order chi connectivity index (χ0) is 15.7. The lowest BCUT2D eigenvalue weighted by molar-refractivity contribution is -0.122. The molecule has 2 heterocycles. The molecule has 5 atom stereocenters. The van der Waals surface area contributed by atoms with Gasteiger partial charge in [-0.3, -0.25) is 0 Å². The first kappa shape index (κ1) is 13.8. The normalized spacial score (nSPS) is 40.1. The Kier molecular flexibility index (Phi) is 2.58. The molecule has 5 N–H and O–H groups in total. The molecule has 0 aliphatic heterocycles. The van der Waals surface area contributed by atoms with E-state index in [0.29, 0.717) is 17.6 Å². The summed E-state index contributed by atoms with van der Waals surface area (Å²) in [7, 11) is 0. The van der Waals surface area contributed by atoms with Gasteiger partial charge >= 0.3 is 0 Å². The lowest BCUT2D eigenvalue weighted by Crippen LogP contribution is -2.51. The largest absolute Gasteiger partial charge is 0.396 e. The highest BCUT2D eigenvalue weighted by Gasteiger charge is 2.77. The molecule has 2 fully saturated rings. The van der Waals surface area contributed by atoms with E-state index in [4.69, 9.17) is 5.73 Å². The Morgan fingerprint density at radius 3 is 2.86 bits per heavy atom. The summed E-state index contributed by atoms with van der Waals surface area (Å²) in [6.45, 7) is -1.43. The Morgan fingerprint density at radius 1 is 1.41 bits per heavy atom. The summed E-state index contributed by atoms with van der Waals surface area (Å²) >= 11 is 0. The van der Waals surface area contributed by atoms with Gasteiger partial charge in [-0.05, 0) is 12.3 Å². The van der Waals surface area contributed by atoms with Gasteiger partial charge in [-0.2, -0.15) is 0 Å². The average molecular weight is 309 g/mol. The van der Waals surface area contributed by atoms with Gasteiger partial charge in [0, 0.05) is 5.41 Å². The highest BCUT2D eigenvalue weighted by Crippen LogP contribution is 2.70. The molecule has 118 valence electrons. The van der Waals surface area contributed by atoms with Crippen LogP contribution >= 0.6 is 0 Å². The van der Waals surface area contributed by atoms with Crippen molar-refractivity contribution < 1.29 is 19.7 Å². The molecule has 2 saturated carbocycles. The summed E-state index contributed by atoms with van der Waals surface area (Å²) in [5.74, 6) is -0.0582. The van der Waals surface area contributed by atoms with Gasteiger partial charge in [-0.25, -0.2) is 19.3 Å². The fraction of sp³-hybridized carbons (Fsp3) is 0.615. The van der Waals surface area contributed by atoms with Crippen LogP contribution in [-0.2, 0) is 0 Å². The van der Waals surface area contributed by atoms with Crippen molar-refractivity contribution in [1.29, 1.82) is 0 Å². The molecule has 0 unspecified atom stereocenters. The number of halogens is 1. The lowest BCUT2D eigenvalue weighted by atomic mass is 9.88. The number of fused-ring (bicyclic) bond motifs is 2. The number of nitrogens with zero attached hydrogens (tertiary/aromatic N) is 4. The van der Waals surface area contributed by atoms with Crippen molar-refractivity contribution in [3.63, 3.8) is 0 Å². The van der Waals surface area contributed by atoms with Crippen LogP contribution in [0.4, 0.5) is 10.2 Å². The minimum Gasteiger partial charge on any atom is -0.396 e. The van der Waals surface area contributed by atoms with Crippen LogP contribution in [0.15, 0.2) is 12.7 Å². The van der Waals surface area contributed by atoms with Crippen LogP contribution in [0.3, 0.4) is 0 Å². The van der Waals surface area contributed by atoms with E-state index in [0.717, 1.165) is 0 Å². The Bertz CT molecular complexity index is 754. The fourth-order valence-corrected chi connectivity index (χ4v) is 4.03. The number of aliphatic hydroxyl groups is 3. The molecular weight excluding hydrogens is 293 g/mol. The van der Waals surface area contributed by atoms with E-state index in [2.05, 4.69) is 15.0 Å². The van der Waals surface area contributed by atoms with Crippen molar-refractivity contribution >= 4 is 17.0 Å². The number of imidazole rings is 1. The predicted octanol–water partition coefficient (Wildman–Crippen LogP) is -0.977. The Labute approximate surface area is 124 Å². The first-order valence-electron chi connectivity index (χ1n) is 7.00. The number of hydrogen-bond acceptors (Lipinski definition) is 7. The number of anilines is 1. The molecule has 4 rings (SSSR count). The van der Waals surface area contributed by atoms with Crippen molar-refractivity contribution in [2.45, 2.75) is 24.2 Å². The predicted molar refractivity (Wildman–Crippen MR) is 73.3 cm³/mol. The minimum absolute atomic E-state index is 0.190. The van der Waals surface area contributed by atoms with Crippen LogP contribution in [-0.4, -0.2) is 59.8 Å². The summed E-state index contributed by atoms with van der Waals surface area (Å²) < 4.78 is 15.1. The molecule has 0 bridgehead atoms. The van der Waals surface area contributed by atoms with E-state index >= 15 is 0 Å². The molecule has 0 aromatic carbocycles. The SMILES string of the molecule is Nc1ncnc2c1ncn2[C@@H]1[C@@H]2C[C@@]2(CO)[C@@H](O)[C@@]1(O)CF. The van der Waals surface area contributed by atoms with Crippen molar-refractivity contribution in [3.8, 4) is 0 Å². The Morgan fingerprint density at radius 2 is 2.18 bits per heavy atom. The summed E-state index contributed by atoms with van der Waals surface area (Å²) in [4.78, 5) is 12.1. The van der Waals surface area contributed by atoms with E-state index in [1.54, 1.807) is 0 Å². The van der Waals surface area contributed by atoms with E-state index in [-0.39, 0.29) is 18.3 Å².